The maximum atomic E-state index is 11.9. The zero-order valence-electron chi connectivity index (χ0n) is 10.2. The van der Waals surface area contributed by atoms with Gasteiger partial charge in [-0.1, -0.05) is 18.2 Å². The SMILES string of the molecule is COc1ccccc1CC1(C)NCCNC1=O. The summed E-state index contributed by atoms with van der Waals surface area (Å²) >= 11 is 0. The van der Waals surface area contributed by atoms with E-state index >= 15 is 0 Å². The normalized spacial score (nSPS) is 24.2. The highest BCUT2D eigenvalue weighted by molar-refractivity contribution is 5.87. The highest BCUT2D eigenvalue weighted by Crippen LogP contribution is 2.23. The molecule has 1 heterocycles. The molecule has 0 aliphatic carbocycles. The van der Waals surface area contributed by atoms with Gasteiger partial charge in [0, 0.05) is 19.5 Å². The fourth-order valence-corrected chi connectivity index (χ4v) is 2.16. The lowest BCUT2D eigenvalue weighted by Gasteiger charge is -2.34. The van der Waals surface area contributed by atoms with Crippen LogP contribution in [0.3, 0.4) is 0 Å². The van der Waals surface area contributed by atoms with E-state index in [0.29, 0.717) is 13.0 Å². The summed E-state index contributed by atoms with van der Waals surface area (Å²) < 4.78 is 5.31. The van der Waals surface area contributed by atoms with Crippen LogP contribution < -0.4 is 15.4 Å². The molecule has 1 fully saturated rings. The number of carbonyl (C=O) groups excluding carboxylic acids is 1. The molecule has 1 atom stereocenters. The van der Waals surface area contributed by atoms with Crippen molar-refractivity contribution in [1.29, 1.82) is 0 Å². The van der Waals surface area contributed by atoms with Gasteiger partial charge < -0.3 is 15.4 Å². The van der Waals surface area contributed by atoms with Gasteiger partial charge >= 0.3 is 0 Å². The maximum Gasteiger partial charge on any atom is 0.240 e. The Morgan fingerprint density at radius 3 is 2.82 bits per heavy atom. The van der Waals surface area contributed by atoms with Crippen LogP contribution in [0.15, 0.2) is 24.3 Å². The van der Waals surface area contributed by atoms with Crippen molar-refractivity contribution in [2.45, 2.75) is 18.9 Å². The molecule has 4 heteroatoms. The average Bonchev–Trinajstić information content (AvgIpc) is 2.34. The Morgan fingerprint density at radius 1 is 1.35 bits per heavy atom. The molecule has 1 aliphatic rings. The average molecular weight is 234 g/mol. The number of amides is 1. The van der Waals surface area contributed by atoms with Crippen LogP contribution >= 0.6 is 0 Å². The van der Waals surface area contributed by atoms with Crippen LogP contribution in [0.25, 0.3) is 0 Å². The molecule has 1 aromatic rings. The Morgan fingerprint density at radius 2 is 2.12 bits per heavy atom. The van der Waals surface area contributed by atoms with Crippen LogP contribution in [0.5, 0.6) is 5.75 Å². The molecule has 0 aromatic heterocycles. The summed E-state index contributed by atoms with van der Waals surface area (Å²) in [4.78, 5) is 11.9. The smallest absolute Gasteiger partial charge is 0.240 e. The molecule has 1 aliphatic heterocycles. The summed E-state index contributed by atoms with van der Waals surface area (Å²) in [5.74, 6) is 0.878. The van der Waals surface area contributed by atoms with Gasteiger partial charge in [0.05, 0.1) is 12.6 Å². The minimum absolute atomic E-state index is 0.0506. The number of carbonyl (C=O) groups is 1. The standard InChI is InChI=1S/C13H18N2O2/c1-13(12(16)14-7-8-15-13)9-10-5-3-4-6-11(10)17-2/h3-6,15H,7-9H2,1-2H3,(H,14,16). The molecule has 1 aromatic carbocycles. The van der Waals surface area contributed by atoms with Crippen molar-refractivity contribution in [2.75, 3.05) is 20.2 Å². The molecule has 4 nitrogen and oxygen atoms in total. The summed E-state index contributed by atoms with van der Waals surface area (Å²) in [6, 6.07) is 7.80. The van der Waals surface area contributed by atoms with Crippen LogP contribution in [0, 0.1) is 0 Å². The van der Waals surface area contributed by atoms with E-state index in [9.17, 15) is 4.79 Å². The van der Waals surface area contributed by atoms with Gasteiger partial charge in [-0.05, 0) is 18.6 Å². The minimum atomic E-state index is -0.549. The van der Waals surface area contributed by atoms with E-state index in [-0.39, 0.29) is 5.91 Å². The van der Waals surface area contributed by atoms with Crippen molar-refractivity contribution < 1.29 is 9.53 Å². The first-order valence-electron chi connectivity index (χ1n) is 5.81. The quantitative estimate of drug-likeness (QED) is 0.810. The van der Waals surface area contributed by atoms with E-state index in [4.69, 9.17) is 4.74 Å². The van der Waals surface area contributed by atoms with Crippen molar-refractivity contribution >= 4 is 5.91 Å². The van der Waals surface area contributed by atoms with E-state index in [1.807, 2.05) is 31.2 Å². The number of hydrogen-bond donors (Lipinski definition) is 2. The summed E-state index contributed by atoms with van der Waals surface area (Å²) in [6.45, 7) is 3.42. The van der Waals surface area contributed by atoms with Gasteiger partial charge in [0.15, 0.2) is 0 Å². The number of benzene rings is 1. The van der Waals surface area contributed by atoms with Crippen molar-refractivity contribution in [3.8, 4) is 5.75 Å². The highest BCUT2D eigenvalue weighted by atomic mass is 16.5. The molecular formula is C13H18N2O2. The summed E-state index contributed by atoms with van der Waals surface area (Å²) in [5.41, 5.74) is 0.495. The van der Waals surface area contributed by atoms with E-state index < -0.39 is 5.54 Å². The third-order valence-electron chi connectivity index (χ3n) is 3.16. The molecule has 2 N–H and O–H groups in total. The van der Waals surface area contributed by atoms with Crippen LogP contribution in [-0.2, 0) is 11.2 Å². The van der Waals surface area contributed by atoms with Gasteiger partial charge in [-0.3, -0.25) is 4.79 Å². The molecule has 0 radical (unpaired) electrons. The monoisotopic (exact) mass is 234 g/mol. The fraction of sp³-hybridized carbons (Fsp3) is 0.462. The van der Waals surface area contributed by atoms with Crippen LogP contribution in [0.1, 0.15) is 12.5 Å². The largest absolute Gasteiger partial charge is 0.496 e. The van der Waals surface area contributed by atoms with Gasteiger partial charge in [-0.15, -0.1) is 0 Å². The van der Waals surface area contributed by atoms with Crippen LogP contribution in [0.4, 0.5) is 0 Å². The Hall–Kier alpha value is -1.55. The Bertz CT molecular complexity index is 420. The number of nitrogens with one attached hydrogen (secondary N) is 2. The van der Waals surface area contributed by atoms with Gasteiger partial charge in [-0.2, -0.15) is 0 Å². The van der Waals surface area contributed by atoms with Crippen LogP contribution in [-0.4, -0.2) is 31.6 Å². The molecule has 1 amide bonds. The molecule has 0 bridgehead atoms. The zero-order chi connectivity index (χ0) is 12.3. The van der Waals surface area contributed by atoms with Gasteiger partial charge in [0.25, 0.3) is 0 Å². The van der Waals surface area contributed by atoms with Gasteiger partial charge in [-0.25, -0.2) is 0 Å². The number of hydrogen-bond acceptors (Lipinski definition) is 3. The number of piperazine rings is 1. The highest BCUT2D eigenvalue weighted by Gasteiger charge is 2.35. The minimum Gasteiger partial charge on any atom is -0.496 e. The first-order chi connectivity index (χ1) is 8.15. The van der Waals surface area contributed by atoms with E-state index in [0.717, 1.165) is 17.9 Å². The fourth-order valence-electron chi connectivity index (χ4n) is 2.16. The van der Waals surface area contributed by atoms with Crippen molar-refractivity contribution in [1.82, 2.24) is 10.6 Å². The summed E-state index contributed by atoms with van der Waals surface area (Å²) in [5, 5.41) is 6.17. The lowest BCUT2D eigenvalue weighted by atomic mass is 9.90. The first kappa shape index (κ1) is 11.9. The maximum absolute atomic E-state index is 11.9. The predicted molar refractivity (Wildman–Crippen MR) is 66.1 cm³/mol. The second-order valence-electron chi connectivity index (χ2n) is 4.50. The number of para-hydroxylation sites is 1. The second-order valence-corrected chi connectivity index (χ2v) is 4.50. The molecule has 92 valence electrons. The molecule has 0 saturated carbocycles. The topological polar surface area (TPSA) is 50.4 Å². The molecule has 1 unspecified atom stereocenters. The first-order valence-corrected chi connectivity index (χ1v) is 5.81. The van der Waals surface area contributed by atoms with Crippen molar-refractivity contribution in [3.05, 3.63) is 29.8 Å². The zero-order valence-corrected chi connectivity index (χ0v) is 10.2. The Kier molecular flexibility index (Phi) is 3.33. The Balaban J connectivity index is 2.21. The number of methoxy groups -OCH3 is 1. The van der Waals surface area contributed by atoms with E-state index in [2.05, 4.69) is 10.6 Å². The molecule has 0 spiro atoms. The van der Waals surface area contributed by atoms with Gasteiger partial charge in [0.2, 0.25) is 5.91 Å². The molecular weight excluding hydrogens is 216 g/mol. The molecule has 2 rings (SSSR count). The summed E-state index contributed by atoms with van der Waals surface area (Å²) in [7, 11) is 1.65. The number of ether oxygens (including phenoxy) is 1. The molecule has 1 saturated heterocycles. The lowest BCUT2D eigenvalue weighted by Crippen LogP contribution is -2.62. The Labute approximate surface area is 101 Å². The van der Waals surface area contributed by atoms with Crippen LogP contribution in [0.2, 0.25) is 0 Å². The van der Waals surface area contributed by atoms with Gasteiger partial charge in [0.1, 0.15) is 5.75 Å². The van der Waals surface area contributed by atoms with Crippen molar-refractivity contribution in [2.24, 2.45) is 0 Å². The van der Waals surface area contributed by atoms with E-state index in [1.165, 1.54) is 0 Å². The van der Waals surface area contributed by atoms with Crippen molar-refractivity contribution in [3.63, 3.8) is 0 Å². The third kappa shape index (κ3) is 2.42. The second kappa shape index (κ2) is 4.75. The molecule has 17 heavy (non-hydrogen) atoms. The number of rotatable bonds is 3. The van der Waals surface area contributed by atoms with E-state index in [1.54, 1.807) is 7.11 Å². The summed E-state index contributed by atoms with van der Waals surface area (Å²) in [6.07, 6.45) is 0.628. The lowest BCUT2D eigenvalue weighted by molar-refractivity contribution is -0.128. The predicted octanol–water partition coefficient (Wildman–Crippen LogP) is 0.716. The third-order valence-corrected chi connectivity index (χ3v) is 3.16.